The molecule has 7 heteroatoms. The average molecular weight is 355 g/mol. The van der Waals surface area contributed by atoms with Crippen LogP contribution in [0.2, 0.25) is 0 Å². The van der Waals surface area contributed by atoms with Gasteiger partial charge in [0.15, 0.2) is 0 Å². The van der Waals surface area contributed by atoms with E-state index >= 15 is 0 Å². The maximum atomic E-state index is 12.4. The number of nitrogens with zero attached hydrogens (tertiary/aromatic N) is 2. The predicted molar refractivity (Wildman–Crippen MR) is 93.5 cm³/mol. The van der Waals surface area contributed by atoms with E-state index in [9.17, 15) is 13.2 Å². The third kappa shape index (κ3) is 3.80. The van der Waals surface area contributed by atoms with Crippen LogP contribution in [0, 0.1) is 11.3 Å². The second-order valence-corrected chi connectivity index (χ2v) is 7.50. The molecule has 25 heavy (non-hydrogen) atoms. The van der Waals surface area contributed by atoms with E-state index in [1.165, 1.54) is 48.5 Å². The largest absolute Gasteiger partial charge is 0.339 e. The maximum Gasteiger partial charge on any atom is 0.261 e. The lowest BCUT2D eigenvalue weighted by molar-refractivity contribution is 0.0792. The topological polar surface area (TPSA) is 90.3 Å². The molecule has 1 saturated heterocycles. The van der Waals surface area contributed by atoms with Gasteiger partial charge in [0, 0.05) is 24.3 Å². The molecule has 1 heterocycles. The molecule has 2 aromatic rings. The van der Waals surface area contributed by atoms with Crippen LogP contribution in [0.3, 0.4) is 0 Å². The molecule has 0 unspecified atom stereocenters. The van der Waals surface area contributed by atoms with E-state index in [1.807, 2.05) is 6.07 Å². The maximum absolute atomic E-state index is 12.4. The molecule has 0 radical (unpaired) electrons. The number of hydrogen-bond acceptors (Lipinski definition) is 4. The molecule has 1 fully saturated rings. The number of amides is 1. The highest BCUT2D eigenvalue weighted by atomic mass is 32.2. The summed E-state index contributed by atoms with van der Waals surface area (Å²) in [6.45, 7) is 1.50. The molecule has 1 amide bonds. The average Bonchev–Trinajstić information content (AvgIpc) is 3.16. The molecule has 3 rings (SSSR count). The molecule has 0 spiro atoms. The van der Waals surface area contributed by atoms with E-state index in [0.29, 0.717) is 16.8 Å². The third-order valence-electron chi connectivity index (χ3n) is 4.07. The first-order valence-electron chi connectivity index (χ1n) is 7.92. The van der Waals surface area contributed by atoms with Crippen molar-refractivity contribution in [2.24, 2.45) is 0 Å². The zero-order chi connectivity index (χ0) is 17.9. The summed E-state index contributed by atoms with van der Waals surface area (Å²) < 4.78 is 27.3. The van der Waals surface area contributed by atoms with Gasteiger partial charge >= 0.3 is 0 Å². The molecule has 128 valence electrons. The van der Waals surface area contributed by atoms with Gasteiger partial charge in [0.2, 0.25) is 0 Å². The normalized spacial score (nSPS) is 14.1. The van der Waals surface area contributed by atoms with Crippen molar-refractivity contribution in [1.29, 1.82) is 5.26 Å². The monoisotopic (exact) mass is 355 g/mol. The highest BCUT2D eigenvalue weighted by Gasteiger charge is 2.20. The van der Waals surface area contributed by atoms with Crippen molar-refractivity contribution in [3.63, 3.8) is 0 Å². The van der Waals surface area contributed by atoms with Crippen LogP contribution < -0.4 is 4.72 Å². The molecule has 1 N–H and O–H groups in total. The van der Waals surface area contributed by atoms with Crippen molar-refractivity contribution < 1.29 is 13.2 Å². The number of anilines is 1. The van der Waals surface area contributed by atoms with Gasteiger partial charge in [-0.15, -0.1) is 0 Å². The molecule has 2 aromatic carbocycles. The molecule has 1 aliphatic rings. The highest BCUT2D eigenvalue weighted by molar-refractivity contribution is 7.92. The van der Waals surface area contributed by atoms with Crippen molar-refractivity contribution in [2.75, 3.05) is 17.8 Å². The van der Waals surface area contributed by atoms with Gasteiger partial charge in [-0.3, -0.25) is 9.52 Å². The van der Waals surface area contributed by atoms with Crippen LogP contribution in [-0.2, 0) is 10.0 Å². The zero-order valence-electron chi connectivity index (χ0n) is 13.5. The number of benzene rings is 2. The van der Waals surface area contributed by atoms with Crippen LogP contribution in [0.25, 0.3) is 0 Å². The van der Waals surface area contributed by atoms with E-state index in [4.69, 9.17) is 5.26 Å². The number of sulfonamides is 1. The molecule has 0 aromatic heterocycles. The van der Waals surface area contributed by atoms with Crippen LogP contribution in [0.4, 0.5) is 5.69 Å². The Morgan fingerprint density at radius 3 is 2.16 bits per heavy atom. The van der Waals surface area contributed by atoms with Crippen molar-refractivity contribution in [1.82, 2.24) is 4.90 Å². The fourth-order valence-corrected chi connectivity index (χ4v) is 3.76. The number of carbonyl (C=O) groups excluding carboxylic acids is 1. The number of nitriles is 1. The molecule has 0 saturated carbocycles. The molecule has 0 atom stereocenters. The quantitative estimate of drug-likeness (QED) is 0.913. The lowest BCUT2D eigenvalue weighted by Gasteiger charge is -2.15. The Balaban J connectivity index is 1.75. The van der Waals surface area contributed by atoms with E-state index < -0.39 is 10.0 Å². The summed E-state index contributed by atoms with van der Waals surface area (Å²) in [4.78, 5) is 14.1. The van der Waals surface area contributed by atoms with Gasteiger partial charge in [-0.25, -0.2) is 8.42 Å². The van der Waals surface area contributed by atoms with Crippen LogP contribution in [0.15, 0.2) is 53.4 Å². The smallest absolute Gasteiger partial charge is 0.261 e. The Morgan fingerprint density at radius 2 is 1.60 bits per heavy atom. The number of nitrogens with one attached hydrogen (secondary N) is 1. The van der Waals surface area contributed by atoms with Gasteiger partial charge in [0.25, 0.3) is 15.9 Å². The van der Waals surface area contributed by atoms with Gasteiger partial charge in [0.05, 0.1) is 16.5 Å². The van der Waals surface area contributed by atoms with Crippen LogP contribution >= 0.6 is 0 Å². The molecule has 6 nitrogen and oxygen atoms in total. The van der Waals surface area contributed by atoms with Crippen LogP contribution in [-0.4, -0.2) is 32.3 Å². The first-order valence-corrected chi connectivity index (χ1v) is 9.40. The van der Waals surface area contributed by atoms with E-state index in [1.54, 1.807) is 4.90 Å². The number of hydrogen-bond donors (Lipinski definition) is 1. The minimum atomic E-state index is -3.75. The standard InChI is InChI=1S/C18H17N3O3S/c19-13-14-3-7-16(8-4-14)20-25(23,24)17-9-5-15(6-10-17)18(22)21-11-1-2-12-21/h3-10,20H,1-2,11-12H2. The van der Waals surface area contributed by atoms with Crippen molar-refractivity contribution >= 4 is 21.6 Å². The van der Waals surface area contributed by atoms with Crippen LogP contribution in [0.1, 0.15) is 28.8 Å². The SMILES string of the molecule is N#Cc1ccc(NS(=O)(=O)c2ccc(C(=O)N3CCCC3)cc2)cc1. The van der Waals surface area contributed by atoms with Gasteiger partial charge in [0.1, 0.15) is 0 Å². The lowest BCUT2D eigenvalue weighted by atomic mass is 10.2. The molecule has 0 bridgehead atoms. The van der Waals surface area contributed by atoms with Gasteiger partial charge < -0.3 is 4.90 Å². The fraction of sp³-hybridized carbons (Fsp3) is 0.222. The van der Waals surface area contributed by atoms with Crippen LogP contribution in [0.5, 0.6) is 0 Å². The fourth-order valence-electron chi connectivity index (χ4n) is 2.71. The summed E-state index contributed by atoms with van der Waals surface area (Å²) in [5.41, 5.74) is 1.31. The first kappa shape index (κ1) is 17.0. The predicted octanol–water partition coefficient (Wildman–Crippen LogP) is 2.60. The molecular weight excluding hydrogens is 338 g/mol. The first-order chi connectivity index (χ1) is 12.0. The summed E-state index contributed by atoms with van der Waals surface area (Å²) >= 11 is 0. The van der Waals surface area contributed by atoms with E-state index in [2.05, 4.69) is 4.72 Å². The Bertz CT molecular complexity index is 908. The van der Waals surface area contributed by atoms with Crippen molar-refractivity contribution in [3.05, 3.63) is 59.7 Å². The zero-order valence-corrected chi connectivity index (χ0v) is 14.3. The summed E-state index contributed by atoms with van der Waals surface area (Å²) in [6.07, 6.45) is 2.01. The van der Waals surface area contributed by atoms with Crippen molar-refractivity contribution in [2.45, 2.75) is 17.7 Å². The number of likely N-dealkylation sites (tertiary alicyclic amines) is 1. The molecule has 0 aliphatic carbocycles. The number of carbonyl (C=O) groups is 1. The second-order valence-electron chi connectivity index (χ2n) is 5.82. The van der Waals surface area contributed by atoms with Gasteiger partial charge in [-0.2, -0.15) is 5.26 Å². The Kier molecular flexibility index (Phi) is 4.72. The molecular formula is C18H17N3O3S. The number of rotatable bonds is 4. The van der Waals surface area contributed by atoms with E-state index in [0.717, 1.165) is 25.9 Å². The summed E-state index contributed by atoms with van der Waals surface area (Å²) in [5, 5.41) is 8.77. The molecule has 1 aliphatic heterocycles. The lowest BCUT2D eigenvalue weighted by Crippen LogP contribution is -2.27. The minimum absolute atomic E-state index is 0.0681. The summed E-state index contributed by atoms with van der Waals surface area (Å²) in [5.74, 6) is -0.0681. The second kappa shape index (κ2) is 6.95. The highest BCUT2D eigenvalue weighted by Crippen LogP contribution is 2.19. The minimum Gasteiger partial charge on any atom is -0.339 e. The van der Waals surface area contributed by atoms with Crippen molar-refractivity contribution in [3.8, 4) is 6.07 Å². The Hall–Kier alpha value is -2.85. The van der Waals surface area contributed by atoms with Gasteiger partial charge in [-0.05, 0) is 61.4 Å². The van der Waals surface area contributed by atoms with E-state index in [-0.39, 0.29) is 10.8 Å². The Morgan fingerprint density at radius 1 is 1.00 bits per heavy atom. The summed E-state index contributed by atoms with van der Waals surface area (Å²) in [7, 11) is -3.75. The van der Waals surface area contributed by atoms with Gasteiger partial charge in [-0.1, -0.05) is 0 Å². The summed E-state index contributed by atoms with van der Waals surface area (Å²) in [6, 6.07) is 14.0. The Labute approximate surface area is 146 Å². The third-order valence-corrected chi connectivity index (χ3v) is 5.47.